The summed E-state index contributed by atoms with van der Waals surface area (Å²) in [4.78, 5) is 31.5. The summed E-state index contributed by atoms with van der Waals surface area (Å²) < 4.78 is 5.14. The second kappa shape index (κ2) is 9.02. The molecule has 3 rings (SSSR count). The molecule has 0 aliphatic carbocycles. The van der Waals surface area contributed by atoms with E-state index >= 15 is 0 Å². The molecule has 0 radical (unpaired) electrons. The third kappa shape index (κ3) is 4.97. The summed E-state index contributed by atoms with van der Waals surface area (Å²) in [6.45, 7) is 3.33. The van der Waals surface area contributed by atoms with Crippen LogP contribution in [0.4, 0.5) is 5.82 Å². The van der Waals surface area contributed by atoms with Crippen LogP contribution in [0.25, 0.3) is 0 Å². The monoisotopic (exact) mass is 368 g/mol. The van der Waals surface area contributed by atoms with Crippen molar-refractivity contribution in [2.24, 2.45) is 0 Å². The van der Waals surface area contributed by atoms with E-state index in [2.05, 4.69) is 15.2 Å². The molecule has 2 heterocycles. The second-order valence-corrected chi connectivity index (χ2v) is 6.39. The highest BCUT2D eigenvalue weighted by atomic mass is 16.5. The minimum atomic E-state index is -0.112. The Morgan fingerprint density at radius 1 is 1.19 bits per heavy atom. The Bertz CT molecular complexity index is 771. The van der Waals surface area contributed by atoms with Gasteiger partial charge >= 0.3 is 0 Å². The number of aromatic nitrogens is 1. The molecule has 27 heavy (non-hydrogen) atoms. The molecule has 7 heteroatoms. The maximum Gasteiger partial charge on any atom is 0.251 e. The van der Waals surface area contributed by atoms with E-state index in [4.69, 9.17) is 4.74 Å². The molecule has 1 saturated heterocycles. The number of ether oxygens (including phenoxy) is 1. The number of hydrogen-bond acceptors (Lipinski definition) is 5. The van der Waals surface area contributed by atoms with Crippen molar-refractivity contribution >= 4 is 18.1 Å². The third-order valence-electron chi connectivity index (χ3n) is 4.65. The van der Waals surface area contributed by atoms with Gasteiger partial charge in [-0.2, -0.15) is 0 Å². The molecule has 1 aliphatic heterocycles. The first-order chi connectivity index (χ1) is 13.2. The van der Waals surface area contributed by atoms with Gasteiger partial charge in [-0.15, -0.1) is 0 Å². The molecule has 0 bridgehead atoms. The minimum absolute atomic E-state index is 0.112. The van der Waals surface area contributed by atoms with E-state index in [1.807, 2.05) is 24.3 Å². The Balaban J connectivity index is 1.53. The highest BCUT2D eigenvalue weighted by Crippen LogP contribution is 2.15. The fourth-order valence-electron chi connectivity index (χ4n) is 3.00. The molecule has 2 amide bonds. The number of nitrogens with zero attached hydrogens (tertiary/aromatic N) is 3. The van der Waals surface area contributed by atoms with Gasteiger partial charge in [0, 0.05) is 44.5 Å². The van der Waals surface area contributed by atoms with Crippen LogP contribution >= 0.6 is 0 Å². The Labute approximate surface area is 158 Å². The zero-order valence-corrected chi connectivity index (χ0v) is 15.4. The van der Waals surface area contributed by atoms with Crippen molar-refractivity contribution in [3.8, 4) is 5.75 Å². The van der Waals surface area contributed by atoms with Gasteiger partial charge in [0.2, 0.25) is 6.41 Å². The molecule has 1 aromatic carbocycles. The van der Waals surface area contributed by atoms with Crippen LogP contribution in [0.3, 0.4) is 0 Å². The number of anilines is 1. The number of hydrogen-bond donors (Lipinski definition) is 1. The summed E-state index contributed by atoms with van der Waals surface area (Å²) in [6, 6.07) is 11.3. The molecular weight excluding hydrogens is 344 g/mol. The Hall–Kier alpha value is -3.09. The topological polar surface area (TPSA) is 74.8 Å². The number of amides is 2. The van der Waals surface area contributed by atoms with Crippen molar-refractivity contribution in [3.05, 3.63) is 53.7 Å². The van der Waals surface area contributed by atoms with E-state index < -0.39 is 0 Å². The number of benzene rings is 1. The maximum absolute atomic E-state index is 12.4. The van der Waals surface area contributed by atoms with Gasteiger partial charge in [-0.25, -0.2) is 4.98 Å². The highest BCUT2D eigenvalue weighted by Gasteiger charge is 2.17. The fourth-order valence-corrected chi connectivity index (χ4v) is 3.00. The number of nitrogens with one attached hydrogen (secondary N) is 1. The third-order valence-corrected chi connectivity index (χ3v) is 4.65. The van der Waals surface area contributed by atoms with E-state index in [0.717, 1.165) is 30.0 Å². The second-order valence-electron chi connectivity index (χ2n) is 6.39. The van der Waals surface area contributed by atoms with Gasteiger partial charge in [-0.05, 0) is 36.2 Å². The number of piperazine rings is 1. The highest BCUT2D eigenvalue weighted by molar-refractivity contribution is 5.94. The molecule has 1 N–H and O–H groups in total. The number of carbonyl (C=O) groups is 2. The van der Waals surface area contributed by atoms with E-state index in [1.165, 1.54) is 0 Å². The summed E-state index contributed by atoms with van der Waals surface area (Å²) >= 11 is 0. The first-order valence-corrected chi connectivity index (χ1v) is 9.01. The molecule has 7 nitrogen and oxygen atoms in total. The number of carbonyl (C=O) groups excluding carboxylic acids is 2. The van der Waals surface area contributed by atoms with Crippen LogP contribution in [-0.2, 0) is 11.2 Å². The van der Waals surface area contributed by atoms with Crippen LogP contribution in [0.2, 0.25) is 0 Å². The molecule has 2 aromatic rings. The summed E-state index contributed by atoms with van der Waals surface area (Å²) in [5, 5.41) is 2.95. The van der Waals surface area contributed by atoms with Crippen molar-refractivity contribution in [1.29, 1.82) is 0 Å². The van der Waals surface area contributed by atoms with Crippen molar-refractivity contribution in [1.82, 2.24) is 15.2 Å². The molecule has 0 unspecified atom stereocenters. The molecule has 0 atom stereocenters. The summed E-state index contributed by atoms with van der Waals surface area (Å²) in [7, 11) is 1.64. The first-order valence-electron chi connectivity index (χ1n) is 9.01. The summed E-state index contributed by atoms with van der Waals surface area (Å²) in [6.07, 6.45) is 3.28. The van der Waals surface area contributed by atoms with E-state index in [1.54, 1.807) is 30.3 Å². The largest absolute Gasteiger partial charge is 0.497 e. The lowest BCUT2D eigenvalue weighted by atomic mass is 10.1. The van der Waals surface area contributed by atoms with Crippen LogP contribution in [-0.4, -0.2) is 62.0 Å². The molecule has 0 spiro atoms. The predicted molar refractivity (Wildman–Crippen MR) is 103 cm³/mol. The van der Waals surface area contributed by atoms with Crippen LogP contribution in [0.15, 0.2) is 42.6 Å². The minimum Gasteiger partial charge on any atom is -0.497 e. The number of pyridine rings is 1. The van der Waals surface area contributed by atoms with Crippen molar-refractivity contribution in [3.63, 3.8) is 0 Å². The average molecular weight is 368 g/mol. The van der Waals surface area contributed by atoms with Crippen LogP contribution in [0.1, 0.15) is 15.9 Å². The normalized spacial score (nSPS) is 14.0. The zero-order valence-electron chi connectivity index (χ0n) is 15.4. The van der Waals surface area contributed by atoms with E-state index in [9.17, 15) is 9.59 Å². The molecule has 142 valence electrons. The van der Waals surface area contributed by atoms with Gasteiger partial charge in [0.15, 0.2) is 0 Å². The maximum atomic E-state index is 12.4. The molecule has 0 saturated carbocycles. The van der Waals surface area contributed by atoms with Crippen molar-refractivity contribution in [2.45, 2.75) is 6.42 Å². The van der Waals surface area contributed by atoms with Gasteiger partial charge in [0.05, 0.1) is 7.11 Å². The molecular formula is C20H24N4O3. The SMILES string of the molecule is COc1ccc(CCNC(=O)c2ccnc(N3CCN(C=O)CC3)c2)cc1. The fraction of sp³-hybridized carbons (Fsp3) is 0.350. The van der Waals surface area contributed by atoms with Crippen LogP contribution in [0.5, 0.6) is 5.75 Å². The zero-order chi connectivity index (χ0) is 19.1. The predicted octanol–water partition coefficient (Wildman–Crippen LogP) is 1.34. The van der Waals surface area contributed by atoms with Crippen molar-refractivity contribution < 1.29 is 14.3 Å². The lowest BCUT2D eigenvalue weighted by molar-refractivity contribution is -0.118. The lowest BCUT2D eigenvalue weighted by Crippen LogP contribution is -2.46. The van der Waals surface area contributed by atoms with Gasteiger partial charge in [-0.1, -0.05) is 12.1 Å². The molecule has 1 aromatic heterocycles. The van der Waals surface area contributed by atoms with E-state index in [-0.39, 0.29) is 5.91 Å². The van der Waals surface area contributed by atoms with Gasteiger partial charge in [0.1, 0.15) is 11.6 Å². The quantitative estimate of drug-likeness (QED) is 0.747. The first kappa shape index (κ1) is 18.7. The summed E-state index contributed by atoms with van der Waals surface area (Å²) in [5.74, 6) is 1.48. The van der Waals surface area contributed by atoms with E-state index in [0.29, 0.717) is 38.3 Å². The Morgan fingerprint density at radius 3 is 2.59 bits per heavy atom. The average Bonchev–Trinajstić information content (AvgIpc) is 2.74. The molecule has 1 fully saturated rings. The summed E-state index contributed by atoms with van der Waals surface area (Å²) in [5.41, 5.74) is 1.73. The van der Waals surface area contributed by atoms with Crippen LogP contribution < -0.4 is 15.0 Å². The van der Waals surface area contributed by atoms with Crippen LogP contribution in [0, 0.1) is 0 Å². The lowest BCUT2D eigenvalue weighted by Gasteiger charge is -2.33. The van der Waals surface area contributed by atoms with Gasteiger partial charge in [0.25, 0.3) is 5.91 Å². The Morgan fingerprint density at radius 2 is 1.93 bits per heavy atom. The number of rotatable bonds is 7. The smallest absolute Gasteiger partial charge is 0.251 e. The van der Waals surface area contributed by atoms with Gasteiger partial charge < -0.3 is 19.9 Å². The van der Waals surface area contributed by atoms with Gasteiger partial charge in [-0.3, -0.25) is 9.59 Å². The number of methoxy groups -OCH3 is 1. The molecule has 1 aliphatic rings. The van der Waals surface area contributed by atoms with Crippen molar-refractivity contribution in [2.75, 3.05) is 44.7 Å². The standard InChI is InChI=1S/C20H24N4O3/c1-27-18-4-2-16(3-5-18)6-8-22-20(26)17-7-9-21-19(14-17)24-12-10-23(15-25)11-13-24/h2-5,7,9,14-15H,6,8,10-13H2,1H3,(H,22,26). The Kier molecular flexibility index (Phi) is 6.25.